The first-order valence-electron chi connectivity index (χ1n) is 3.12. The number of hydrogen-bond acceptors (Lipinski definition) is 4. The number of fused-ring (bicyclic) bond motifs is 1. The molecule has 0 saturated carbocycles. The van der Waals surface area contributed by atoms with Gasteiger partial charge in [0, 0.05) is 0 Å². The number of hydrogen-bond donors (Lipinski definition) is 1. The maximum atomic E-state index is 5.63. The van der Waals surface area contributed by atoms with Crippen LogP contribution in [-0.4, -0.2) is 13.2 Å². The summed E-state index contributed by atoms with van der Waals surface area (Å²) < 4.78 is 11.5. The van der Waals surface area contributed by atoms with E-state index in [1.54, 1.807) is 0 Å². The number of nitrogen functional groups attached to an aromatic ring is 1. The molecule has 0 atom stereocenters. The van der Waals surface area contributed by atoms with Crippen LogP contribution in [0.5, 0.6) is 10.8 Å². The molecule has 2 rings (SSSR count). The zero-order valence-electron chi connectivity index (χ0n) is 5.59. The number of rotatable bonds is 0. The number of ether oxygens (including phenoxy) is 2. The standard InChI is InChI=1S/C6H6BrNO2S/c7-3-4-6(11-5(3)8)10-2-1-9-4/h1-2,8H2. The van der Waals surface area contributed by atoms with Crippen LogP contribution in [0.3, 0.4) is 0 Å². The van der Waals surface area contributed by atoms with Gasteiger partial charge in [0.25, 0.3) is 0 Å². The highest BCUT2D eigenvalue weighted by molar-refractivity contribution is 9.10. The van der Waals surface area contributed by atoms with E-state index in [1.807, 2.05) is 0 Å². The topological polar surface area (TPSA) is 44.5 Å². The molecule has 0 radical (unpaired) electrons. The second kappa shape index (κ2) is 2.57. The number of anilines is 1. The lowest BCUT2D eigenvalue weighted by Crippen LogP contribution is -2.13. The van der Waals surface area contributed by atoms with Gasteiger partial charge in [0.2, 0.25) is 5.06 Å². The zero-order chi connectivity index (χ0) is 7.84. The molecule has 11 heavy (non-hydrogen) atoms. The zero-order valence-corrected chi connectivity index (χ0v) is 8.00. The molecule has 1 aliphatic rings. The summed E-state index contributed by atoms with van der Waals surface area (Å²) in [7, 11) is 0. The Bertz CT molecular complexity index is 286. The van der Waals surface area contributed by atoms with E-state index < -0.39 is 0 Å². The molecule has 3 nitrogen and oxygen atoms in total. The predicted octanol–water partition coefficient (Wildman–Crippen LogP) is 1.86. The van der Waals surface area contributed by atoms with Gasteiger partial charge in [0.15, 0.2) is 5.75 Å². The van der Waals surface area contributed by atoms with E-state index in [9.17, 15) is 0 Å². The fourth-order valence-corrected chi connectivity index (χ4v) is 2.33. The van der Waals surface area contributed by atoms with Crippen molar-refractivity contribution in [2.75, 3.05) is 18.9 Å². The normalized spacial score (nSPS) is 15.0. The third kappa shape index (κ3) is 1.08. The molecule has 5 heteroatoms. The van der Waals surface area contributed by atoms with Crippen molar-refractivity contribution < 1.29 is 9.47 Å². The lowest BCUT2D eigenvalue weighted by Gasteiger charge is -2.13. The summed E-state index contributed by atoms with van der Waals surface area (Å²) in [4.78, 5) is 0. The molecule has 0 aliphatic carbocycles. The average Bonchev–Trinajstić information content (AvgIpc) is 2.30. The van der Waals surface area contributed by atoms with Crippen LogP contribution in [0.15, 0.2) is 4.47 Å². The van der Waals surface area contributed by atoms with E-state index in [2.05, 4.69) is 15.9 Å². The molecule has 2 N–H and O–H groups in total. The van der Waals surface area contributed by atoms with Gasteiger partial charge in [-0.1, -0.05) is 11.3 Å². The summed E-state index contributed by atoms with van der Waals surface area (Å²) in [5.41, 5.74) is 5.63. The maximum Gasteiger partial charge on any atom is 0.220 e. The minimum absolute atomic E-state index is 0.599. The molecule has 0 spiro atoms. The van der Waals surface area contributed by atoms with E-state index in [1.165, 1.54) is 11.3 Å². The Labute approximate surface area is 76.2 Å². The highest BCUT2D eigenvalue weighted by Gasteiger charge is 2.20. The van der Waals surface area contributed by atoms with E-state index in [0.717, 1.165) is 15.3 Å². The van der Waals surface area contributed by atoms with Gasteiger partial charge in [-0.15, -0.1) is 0 Å². The van der Waals surface area contributed by atoms with Gasteiger partial charge in [0.1, 0.15) is 18.2 Å². The minimum atomic E-state index is 0.599. The molecule has 0 saturated heterocycles. The summed E-state index contributed by atoms with van der Waals surface area (Å²) in [5.74, 6) is 0.749. The Morgan fingerprint density at radius 3 is 2.82 bits per heavy atom. The number of halogens is 1. The van der Waals surface area contributed by atoms with Crippen LogP contribution in [0.2, 0.25) is 0 Å². The Balaban J connectivity index is 2.50. The first kappa shape index (κ1) is 7.24. The Morgan fingerprint density at radius 1 is 1.36 bits per heavy atom. The Hall–Kier alpha value is -0.420. The molecule has 0 fully saturated rings. The van der Waals surface area contributed by atoms with Crippen LogP contribution < -0.4 is 15.2 Å². The largest absolute Gasteiger partial charge is 0.484 e. The van der Waals surface area contributed by atoms with Gasteiger partial charge >= 0.3 is 0 Å². The quantitative estimate of drug-likeness (QED) is 0.747. The summed E-state index contributed by atoms with van der Waals surface area (Å²) in [6, 6.07) is 0. The first-order chi connectivity index (χ1) is 5.29. The lowest BCUT2D eigenvalue weighted by atomic mass is 10.5. The molecule has 1 aromatic rings. The molecule has 2 heterocycles. The van der Waals surface area contributed by atoms with Crippen LogP contribution in [0.1, 0.15) is 0 Å². The predicted molar refractivity (Wildman–Crippen MR) is 47.4 cm³/mol. The lowest BCUT2D eigenvalue weighted by molar-refractivity contribution is 0.177. The van der Waals surface area contributed by atoms with E-state index >= 15 is 0 Å². The molecule has 0 aromatic carbocycles. The van der Waals surface area contributed by atoms with Crippen molar-refractivity contribution in [1.82, 2.24) is 0 Å². The van der Waals surface area contributed by atoms with Crippen LogP contribution in [-0.2, 0) is 0 Å². The SMILES string of the molecule is Nc1sc2c(c1Br)OCCO2. The van der Waals surface area contributed by atoms with Crippen LogP contribution in [0, 0.1) is 0 Å². The third-order valence-corrected chi connectivity index (χ3v) is 3.33. The number of thiophene rings is 1. The Kier molecular flexibility index (Phi) is 1.69. The van der Waals surface area contributed by atoms with E-state index in [0.29, 0.717) is 18.2 Å². The molecular weight excluding hydrogens is 230 g/mol. The van der Waals surface area contributed by atoms with Crippen molar-refractivity contribution in [3.63, 3.8) is 0 Å². The van der Waals surface area contributed by atoms with Gasteiger partial charge in [-0.25, -0.2) is 0 Å². The van der Waals surface area contributed by atoms with Crippen LogP contribution in [0.4, 0.5) is 5.00 Å². The van der Waals surface area contributed by atoms with Crippen LogP contribution in [0.25, 0.3) is 0 Å². The van der Waals surface area contributed by atoms with Gasteiger partial charge in [-0.2, -0.15) is 0 Å². The highest BCUT2D eigenvalue weighted by atomic mass is 79.9. The van der Waals surface area contributed by atoms with Crippen molar-refractivity contribution in [1.29, 1.82) is 0 Å². The Morgan fingerprint density at radius 2 is 2.09 bits per heavy atom. The van der Waals surface area contributed by atoms with Crippen molar-refractivity contribution in [2.45, 2.75) is 0 Å². The molecule has 60 valence electrons. The maximum absolute atomic E-state index is 5.63. The van der Waals surface area contributed by atoms with Crippen molar-refractivity contribution in [3.05, 3.63) is 4.47 Å². The molecule has 0 unspecified atom stereocenters. The minimum Gasteiger partial charge on any atom is -0.484 e. The number of nitrogens with two attached hydrogens (primary N) is 1. The van der Waals surface area contributed by atoms with E-state index in [-0.39, 0.29) is 0 Å². The van der Waals surface area contributed by atoms with Crippen molar-refractivity contribution >= 4 is 32.3 Å². The van der Waals surface area contributed by atoms with Crippen molar-refractivity contribution in [3.8, 4) is 10.8 Å². The van der Waals surface area contributed by atoms with Gasteiger partial charge in [0.05, 0.1) is 4.47 Å². The smallest absolute Gasteiger partial charge is 0.220 e. The molecule has 0 bridgehead atoms. The molecular formula is C6H6BrNO2S. The average molecular weight is 236 g/mol. The molecule has 1 aliphatic heterocycles. The van der Waals surface area contributed by atoms with Crippen molar-refractivity contribution in [2.24, 2.45) is 0 Å². The van der Waals surface area contributed by atoms with E-state index in [4.69, 9.17) is 15.2 Å². The summed E-state index contributed by atoms with van der Waals surface area (Å²) >= 11 is 4.72. The van der Waals surface area contributed by atoms with Crippen LogP contribution >= 0.6 is 27.3 Å². The first-order valence-corrected chi connectivity index (χ1v) is 4.73. The second-order valence-corrected chi connectivity index (χ2v) is 3.90. The molecule has 1 aromatic heterocycles. The van der Waals surface area contributed by atoms with Gasteiger partial charge < -0.3 is 15.2 Å². The summed E-state index contributed by atoms with van der Waals surface area (Å²) in [5, 5.41) is 1.48. The van der Waals surface area contributed by atoms with Gasteiger partial charge in [-0.3, -0.25) is 0 Å². The fourth-order valence-electron chi connectivity index (χ4n) is 0.888. The summed E-state index contributed by atoms with van der Waals surface area (Å²) in [6.07, 6.45) is 0. The summed E-state index contributed by atoms with van der Waals surface area (Å²) in [6.45, 7) is 1.21. The second-order valence-electron chi connectivity index (χ2n) is 2.09. The fraction of sp³-hybridized carbons (Fsp3) is 0.333. The third-order valence-electron chi connectivity index (χ3n) is 1.37. The monoisotopic (exact) mass is 235 g/mol. The molecule has 0 amide bonds. The highest BCUT2D eigenvalue weighted by Crippen LogP contribution is 2.48. The van der Waals surface area contributed by atoms with Gasteiger partial charge in [-0.05, 0) is 15.9 Å².